The van der Waals surface area contributed by atoms with E-state index >= 15 is 0 Å². The van der Waals surface area contributed by atoms with Gasteiger partial charge in [-0.15, -0.1) is 0 Å². The van der Waals surface area contributed by atoms with Crippen LogP contribution in [0.3, 0.4) is 0 Å². The molecular formula is C11H21NO4. The normalized spacial score (nSPS) is 11.6. The van der Waals surface area contributed by atoms with E-state index in [4.69, 9.17) is 9.84 Å². The maximum absolute atomic E-state index is 12.0. The van der Waals surface area contributed by atoms with Crippen LogP contribution in [-0.2, 0) is 14.3 Å². The van der Waals surface area contributed by atoms with Crippen molar-refractivity contribution >= 4 is 11.9 Å². The van der Waals surface area contributed by atoms with Gasteiger partial charge in [0, 0.05) is 13.7 Å². The lowest BCUT2D eigenvalue weighted by Crippen LogP contribution is -2.49. The highest BCUT2D eigenvalue weighted by atomic mass is 16.5. The number of ether oxygens (including phenoxy) is 1. The van der Waals surface area contributed by atoms with Crippen molar-refractivity contribution in [2.45, 2.75) is 33.3 Å². The van der Waals surface area contributed by atoms with Gasteiger partial charge in [-0.2, -0.15) is 0 Å². The van der Waals surface area contributed by atoms with Crippen LogP contribution in [0.4, 0.5) is 0 Å². The molecule has 0 saturated heterocycles. The molecule has 0 radical (unpaired) electrons. The molecule has 0 fully saturated rings. The van der Waals surface area contributed by atoms with Gasteiger partial charge in [-0.25, -0.2) is 0 Å². The number of carboxylic acid groups (broad SMARTS) is 1. The molecule has 1 N–H and O–H groups in total. The maximum atomic E-state index is 12.0. The number of carbonyl (C=O) groups is 2. The third kappa shape index (κ3) is 4.61. The molecule has 0 aliphatic carbocycles. The van der Waals surface area contributed by atoms with Crippen LogP contribution in [0, 0.1) is 5.92 Å². The van der Waals surface area contributed by atoms with Crippen LogP contribution in [0.5, 0.6) is 0 Å². The lowest BCUT2D eigenvalue weighted by Gasteiger charge is -2.30. The summed E-state index contributed by atoms with van der Waals surface area (Å²) in [6.45, 7) is 7.25. The number of aliphatic carboxylic acids is 1. The van der Waals surface area contributed by atoms with E-state index in [-0.39, 0.29) is 18.4 Å². The van der Waals surface area contributed by atoms with Crippen LogP contribution in [-0.4, -0.2) is 47.7 Å². The van der Waals surface area contributed by atoms with Gasteiger partial charge >= 0.3 is 5.97 Å². The second-order valence-corrected chi connectivity index (χ2v) is 4.69. The molecule has 0 bridgehead atoms. The van der Waals surface area contributed by atoms with E-state index in [1.165, 1.54) is 12.0 Å². The van der Waals surface area contributed by atoms with Gasteiger partial charge in [-0.05, 0) is 19.8 Å². The van der Waals surface area contributed by atoms with E-state index in [0.29, 0.717) is 6.54 Å². The molecule has 16 heavy (non-hydrogen) atoms. The number of methoxy groups -OCH3 is 1. The summed E-state index contributed by atoms with van der Waals surface area (Å²) in [7, 11) is 1.44. The van der Waals surface area contributed by atoms with Gasteiger partial charge in [-0.3, -0.25) is 9.59 Å². The Kier molecular flexibility index (Phi) is 5.44. The van der Waals surface area contributed by atoms with Crippen molar-refractivity contribution in [3.8, 4) is 0 Å². The standard InChI is InChI=1S/C11H21NO4/c1-8(2)6-12(7-9(13)14)10(15)11(3,4)16-5/h8H,6-7H2,1-5H3,(H,13,14). The SMILES string of the molecule is COC(C)(C)C(=O)N(CC(=O)O)CC(C)C. The molecule has 94 valence electrons. The Morgan fingerprint density at radius 2 is 1.88 bits per heavy atom. The molecule has 0 spiro atoms. The molecule has 0 saturated carbocycles. The fourth-order valence-electron chi connectivity index (χ4n) is 1.29. The number of amides is 1. The molecule has 5 heteroatoms. The highest BCUT2D eigenvalue weighted by Crippen LogP contribution is 2.13. The minimum absolute atomic E-state index is 0.218. The third-order valence-electron chi connectivity index (χ3n) is 2.22. The van der Waals surface area contributed by atoms with Gasteiger partial charge in [0.2, 0.25) is 0 Å². The summed E-state index contributed by atoms with van der Waals surface area (Å²) in [5, 5.41) is 8.75. The van der Waals surface area contributed by atoms with Crippen LogP contribution in [0.25, 0.3) is 0 Å². The number of carbonyl (C=O) groups excluding carboxylic acids is 1. The Balaban J connectivity index is 4.75. The molecule has 0 rings (SSSR count). The molecule has 5 nitrogen and oxygen atoms in total. The first-order chi connectivity index (χ1) is 7.20. The third-order valence-corrected chi connectivity index (χ3v) is 2.22. The van der Waals surface area contributed by atoms with Gasteiger partial charge in [0.05, 0.1) is 0 Å². The van der Waals surface area contributed by atoms with Gasteiger partial charge in [0.1, 0.15) is 12.1 Å². The summed E-state index contributed by atoms with van der Waals surface area (Å²) < 4.78 is 5.06. The average Bonchev–Trinajstić information content (AvgIpc) is 2.14. The van der Waals surface area contributed by atoms with Crippen LogP contribution in [0.2, 0.25) is 0 Å². The molecule has 0 aromatic rings. The van der Waals surface area contributed by atoms with Gasteiger partial charge in [0.15, 0.2) is 0 Å². The lowest BCUT2D eigenvalue weighted by atomic mass is 10.1. The molecule has 0 aliphatic heterocycles. The zero-order valence-corrected chi connectivity index (χ0v) is 10.6. The van der Waals surface area contributed by atoms with Crippen LogP contribution >= 0.6 is 0 Å². The van der Waals surface area contributed by atoms with E-state index in [0.717, 1.165) is 0 Å². The zero-order valence-electron chi connectivity index (χ0n) is 10.6. The van der Waals surface area contributed by atoms with E-state index < -0.39 is 11.6 Å². The van der Waals surface area contributed by atoms with Crippen molar-refractivity contribution in [2.75, 3.05) is 20.2 Å². The second kappa shape index (κ2) is 5.84. The predicted molar refractivity (Wildman–Crippen MR) is 60.1 cm³/mol. The Morgan fingerprint density at radius 1 is 1.38 bits per heavy atom. The molecule has 0 heterocycles. The summed E-state index contributed by atoms with van der Waals surface area (Å²) in [5.74, 6) is -1.09. The lowest BCUT2D eigenvalue weighted by molar-refractivity contribution is -0.156. The maximum Gasteiger partial charge on any atom is 0.323 e. The number of carboxylic acids is 1. The fourth-order valence-corrected chi connectivity index (χ4v) is 1.29. The van der Waals surface area contributed by atoms with Crippen molar-refractivity contribution < 1.29 is 19.4 Å². The summed E-state index contributed by atoms with van der Waals surface area (Å²) >= 11 is 0. The number of rotatable bonds is 6. The zero-order chi connectivity index (χ0) is 12.9. The van der Waals surface area contributed by atoms with Crippen LogP contribution in [0.15, 0.2) is 0 Å². The topological polar surface area (TPSA) is 66.8 Å². The molecule has 0 unspecified atom stereocenters. The second-order valence-electron chi connectivity index (χ2n) is 4.69. The molecule has 0 atom stereocenters. The van der Waals surface area contributed by atoms with Crippen LogP contribution in [0.1, 0.15) is 27.7 Å². The van der Waals surface area contributed by atoms with Crippen molar-refractivity contribution in [2.24, 2.45) is 5.92 Å². The van der Waals surface area contributed by atoms with Gasteiger partial charge < -0.3 is 14.7 Å². The predicted octanol–water partition coefficient (Wildman–Crippen LogP) is 0.981. The summed E-state index contributed by atoms with van der Waals surface area (Å²) in [4.78, 5) is 24.0. The largest absolute Gasteiger partial charge is 0.480 e. The van der Waals surface area contributed by atoms with Crippen molar-refractivity contribution in [3.63, 3.8) is 0 Å². The van der Waals surface area contributed by atoms with Gasteiger partial charge in [0.25, 0.3) is 5.91 Å². The Bertz CT molecular complexity index is 261. The highest BCUT2D eigenvalue weighted by Gasteiger charge is 2.32. The van der Waals surface area contributed by atoms with E-state index in [2.05, 4.69) is 0 Å². The molecule has 0 aromatic heterocycles. The smallest absolute Gasteiger partial charge is 0.323 e. The Hall–Kier alpha value is -1.10. The number of nitrogens with zero attached hydrogens (tertiary/aromatic N) is 1. The fraction of sp³-hybridized carbons (Fsp3) is 0.818. The minimum atomic E-state index is -1.01. The quantitative estimate of drug-likeness (QED) is 0.740. The Morgan fingerprint density at radius 3 is 2.19 bits per heavy atom. The highest BCUT2D eigenvalue weighted by molar-refractivity contribution is 5.87. The van der Waals surface area contributed by atoms with E-state index in [1.54, 1.807) is 13.8 Å². The molecule has 0 aromatic carbocycles. The minimum Gasteiger partial charge on any atom is -0.480 e. The molecule has 0 aliphatic rings. The first kappa shape index (κ1) is 14.9. The van der Waals surface area contributed by atoms with Gasteiger partial charge in [-0.1, -0.05) is 13.8 Å². The first-order valence-corrected chi connectivity index (χ1v) is 5.27. The number of hydrogen-bond acceptors (Lipinski definition) is 3. The monoisotopic (exact) mass is 231 g/mol. The first-order valence-electron chi connectivity index (χ1n) is 5.27. The average molecular weight is 231 g/mol. The van der Waals surface area contributed by atoms with Crippen LogP contribution < -0.4 is 0 Å². The summed E-state index contributed by atoms with van der Waals surface area (Å²) in [6.07, 6.45) is 0. The van der Waals surface area contributed by atoms with Crippen molar-refractivity contribution in [3.05, 3.63) is 0 Å². The summed E-state index contributed by atoms with van der Waals surface area (Å²) in [6, 6.07) is 0. The number of hydrogen-bond donors (Lipinski definition) is 1. The van der Waals surface area contributed by atoms with Crippen molar-refractivity contribution in [1.29, 1.82) is 0 Å². The Labute approximate surface area is 96.4 Å². The van der Waals surface area contributed by atoms with E-state index in [9.17, 15) is 9.59 Å². The molecule has 1 amide bonds. The van der Waals surface area contributed by atoms with Crippen molar-refractivity contribution in [1.82, 2.24) is 4.90 Å². The molecular weight excluding hydrogens is 210 g/mol. The van der Waals surface area contributed by atoms with E-state index in [1.807, 2.05) is 13.8 Å². The summed E-state index contributed by atoms with van der Waals surface area (Å²) in [5.41, 5.74) is -0.982.